The Kier molecular flexibility index (Phi) is 5.27. The molecule has 1 fully saturated rings. The van der Waals surface area contributed by atoms with Crippen LogP contribution in [0.15, 0.2) is 40.9 Å². The minimum atomic E-state index is -3.48. The first-order valence-electron chi connectivity index (χ1n) is 9.10. The zero-order chi connectivity index (χ0) is 19.0. The summed E-state index contributed by atoms with van der Waals surface area (Å²) in [5, 5.41) is 0. The summed E-state index contributed by atoms with van der Waals surface area (Å²) in [7, 11) is -3.48. The third kappa shape index (κ3) is 4.36. The van der Waals surface area contributed by atoms with E-state index in [-0.39, 0.29) is 24.2 Å². The highest BCUT2D eigenvalue weighted by Crippen LogP contribution is 2.32. The van der Waals surface area contributed by atoms with Gasteiger partial charge in [0.2, 0.25) is 10.0 Å². The molecule has 7 heteroatoms. The predicted molar refractivity (Wildman–Crippen MR) is 106 cm³/mol. The van der Waals surface area contributed by atoms with Crippen LogP contribution in [0.25, 0.3) is 0 Å². The second-order valence-corrected chi connectivity index (χ2v) is 10.1. The molecule has 0 unspecified atom stereocenters. The van der Waals surface area contributed by atoms with Crippen LogP contribution < -0.4 is 4.74 Å². The molecule has 0 atom stereocenters. The van der Waals surface area contributed by atoms with Crippen LogP contribution in [0.2, 0.25) is 0 Å². The summed E-state index contributed by atoms with van der Waals surface area (Å²) in [5.74, 6) is 0.544. The Bertz CT molecular complexity index is 960. The quantitative estimate of drug-likeness (QED) is 0.634. The van der Waals surface area contributed by atoms with E-state index in [1.54, 1.807) is 12.1 Å². The van der Waals surface area contributed by atoms with E-state index in [4.69, 9.17) is 4.74 Å². The van der Waals surface area contributed by atoms with Crippen LogP contribution in [-0.2, 0) is 29.4 Å². The first kappa shape index (κ1) is 18.9. The Labute approximate surface area is 167 Å². The number of rotatable bonds is 7. The maximum absolute atomic E-state index is 14.1. The maximum Gasteiger partial charge on any atom is 0.214 e. The molecule has 144 valence electrons. The molecule has 0 N–H and O–H groups in total. The van der Waals surface area contributed by atoms with Gasteiger partial charge in [0.25, 0.3) is 0 Å². The van der Waals surface area contributed by atoms with Crippen molar-refractivity contribution in [1.29, 1.82) is 0 Å². The number of hydrogen-bond donors (Lipinski definition) is 0. The lowest BCUT2D eigenvalue weighted by Crippen LogP contribution is -2.35. The van der Waals surface area contributed by atoms with Crippen molar-refractivity contribution in [2.75, 3.05) is 12.4 Å². The number of benzene rings is 2. The first-order chi connectivity index (χ1) is 12.9. The van der Waals surface area contributed by atoms with Gasteiger partial charge in [0, 0.05) is 29.0 Å². The maximum atomic E-state index is 14.1. The summed E-state index contributed by atoms with van der Waals surface area (Å²) in [5.41, 5.74) is 2.53. The molecule has 0 amide bonds. The number of aryl methyl sites for hydroxylation is 1. The minimum Gasteiger partial charge on any atom is -0.493 e. The summed E-state index contributed by atoms with van der Waals surface area (Å²) in [4.78, 5) is 0. The molecule has 1 aliphatic carbocycles. The molecule has 2 aromatic rings. The molecular formula is C20H21BrFNO3S. The molecule has 1 heterocycles. The zero-order valence-electron chi connectivity index (χ0n) is 14.8. The van der Waals surface area contributed by atoms with Crippen LogP contribution in [-0.4, -0.2) is 31.1 Å². The van der Waals surface area contributed by atoms with Gasteiger partial charge in [0.15, 0.2) is 0 Å². The van der Waals surface area contributed by atoms with Gasteiger partial charge in [-0.15, -0.1) is 0 Å². The second-order valence-electron chi connectivity index (χ2n) is 7.12. The Morgan fingerprint density at radius 3 is 2.78 bits per heavy atom. The van der Waals surface area contributed by atoms with Gasteiger partial charge in [0.1, 0.15) is 11.6 Å². The van der Waals surface area contributed by atoms with Gasteiger partial charge in [-0.05, 0) is 54.7 Å². The number of halogens is 2. The molecule has 2 aliphatic rings. The lowest BCUT2D eigenvalue weighted by molar-refractivity contribution is 0.357. The third-order valence-corrected chi connectivity index (χ3v) is 7.40. The van der Waals surface area contributed by atoms with Gasteiger partial charge in [-0.25, -0.2) is 12.8 Å². The van der Waals surface area contributed by atoms with Crippen molar-refractivity contribution < 1.29 is 17.5 Å². The molecule has 1 saturated carbocycles. The highest BCUT2D eigenvalue weighted by atomic mass is 79.9. The van der Waals surface area contributed by atoms with Gasteiger partial charge in [-0.3, -0.25) is 0 Å². The number of ether oxygens (including phenoxy) is 1. The van der Waals surface area contributed by atoms with Crippen LogP contribution in [0.4, 0.5) is 4.39 Å². The van der Waals surface area contributed by atoms with Gasteiger partial charge < -0.3 is 4.74 Å². The minimum absolute atomic E-state index is 0.0122. The molecular weight excluding hydrogens is 433 g/mol. The number of nitrogens with zero attached hydrogens (tertiary/aromatic N) is 1. The highest BCUT2D eigenvalue weighted by Gasteiger charge is 2.37. The van der Waals surface area contributed by atoms with Crippen molar-refractivity contribution >= 4 is 26.0 Å². The molecule has 0 aromatic heterocycles. The van der Waals surface area contributed by atoms with E-state index in [1.165, 1.54) is 10.4 Å². The zero-order valence-corrected chi connectivity index (χ0v) is 17.2. The van der Waals surface area contributed by atoms with Crippen LogP contribution in [0.1, 0.15) is 29.5 Å². The van der Waals surface area contributed by atoms with E-state index in [0.29, 0.717) is 18.6 Å². The molecule has 4 rings (SSSR count). The lowest BCUT2D eigenvalue weighted by atomic mass is 10.1. The standard InChI is InChI=1S/C20H21BrFNO3S/c21-17-2-5-19(22)16(12-17)13-23(18-3-4-18)27(24,25)10-8-14-1-6-20-15(11-14)7-9-26-20/h1-2,5-6,11-12,18H,3-4,7-10,13H2. The Morgan fingerprint density at radius 1 is 1.19 bits per heavy atom. The molecule has 4 nitrogen and oxygen atoms in total. The molecule has 0 radical (unpaired) electrons. The van der Waals surface area contributed by atoms with Crippen molar-refractivity contribution in [1.82, 2.24) is 4.31 Å². The summed E-state index contributed by atoms with van der Waals surface area (Å²) >= 11 is 3.33. The SMILES string of the molecule is O=S(=O)(CCc1ccc2c(c1)CCO2)N(Cc1cc(Br)ccc1F)C1CC1. The van der Waals surface area contributed by atoms with E-state index < -0.39 is 10.0 Å². The molecule has 0 saturated heterocycles. The summed E-state index contributed by atoms with van der Waals surface area (Å²) in [6, 6.07) is 10.5. The van der Waals surface area contributed by atoms with Gasteiger partial charge in [-0.2, -0.15) is 4.31 Å². The van der Waals surface area contributed by atoms with Crippen LogP contribution >= 0.6 is 15.9 Å². The van der Waals surface area contributed by atoms with E-state index in [2.05, 4.69) is 15.9 Å². The average molecular weight is 454 g/mol. The molecule has 27 heavy (non-hydrogen) atoms. The van der Waals surface area contributed by atoms with Gasteiger partial charge >= 0.3 is 0 Å². The van der Waals surface area contributed by atoms with Crippen molar-refractivity contribution in [2.24, 2.45) is 0 Å². The van der Waals surface area contributed by atoms with E-state index in [1.807, 2.05) is 18.2 Å². The van der Waals surface area contributed by atoms with E-state index in [9.17, 15) is 12.8 Å². The fourth-order valence-electron chi connectivity index (χ4n) is 3.41. The second kappa shape index (κ2) is 7.53. The smallest absolute Gasteiger partial charge is 0.214 e. The van der Waals surface area contributed by atoms with Crippen molar-refractivity contribution in [2.45, 2.75) is 38.3 Å². The van der Waals surface area contributed by atoms with Gasteiger partial charge in [0.05, 0.1) is 12.4 Å². The van der Waals surface area contributed by atoms with Gasteiger partial charge in [-0.1, -0.05) is 28.1 Å². The summed E-state index contributed by atoms with van der Waals surface area (Å²) < 4.78 is 47.8. The normalized spacial score (nSPS) is 16.4. The molecule has 2 aromatic carbocycles. The number of fused-ring (bicyclic) bond motifs is 1. The Balaban J connectivity index is 1.49. The predicted octanol–water partition coefficient (Wildman–Crippen LogP) is 4.06. The third-order valence-electron chi connectivity index (χ3n) is 5.05. The summed E-state index contributed by atoms with van der Waals surface area (Å²) in [6.45, 7) is 0.765. The van der Waals surface area contributed by atoms with Crippen molar-refractivity contribution in [3.05, 3.63) is 63.4 Å². The number of sulfonamides is 1. The average Bonchev–Trinajstić information content (AvgIpc) is 3.36. The topological polar surface area (TPSA) is 46.6 Å². The van der Waals surface area contributed by atoms with Crippen molar-refractivity contribution in [3.63, 3.8) is 0 Å². The molecule has 0 bridgehead atoms. The van der Waals surface area contributed by atoms with Crippen LogP contribution in [0.3, 0.4) is 0 Å². The molecule has 1 aliphatic heterocycles. The summed E-state index contributed by atoms with van der Waals surface area (Å²) in [6.07, 6.45) is 2.99. The molecule has 0 spiro atoms. The first-order valence-corrected chi connectivity index (χ1v) is 11.5. The van der Waals surface area contributed by atoms with Crippen LogP contribution in [0.5, 0.6) is 5.75 Å². The lowest BCUT2D eigenvalue weighted by Gasteiger charge is -2.22. The fourth-order valence-corrected chi connectivity index (χ4v) is 5.55. The highest BCUT2D eigenvalue weighted by molar-refractivity contribution is 9.10. The number of hydrogen-bond acceptors (Lipinski definition) is 3. The monoisotopic (exact) mass is 453 g/mol. The van der Waals surface area contributed by atoms with Crippen LogP contribution in [0, 0.1) is 5.82 Å². The largest absolute Gasteiger partial charge is 0.493 e. The Morgan fingerprint density at radius 2 is 2.00 bits per heavy atom. The van der Waals surface area contributed by atoms with E-state index >= 15 is 0 Å². The van der Waals surface area contributed by atoms with Crippen molar-refractivity contribution in [3.8, 4) is 5.75 Å². The van der Waals surface area contributed by atoms with E-state index in [0.717, 1.165) is 40.6 Å². The fraction of sp³-hybridized carbons (Fsp3) is 0.400. The Hall–Kier alpha value is -1.44.